The van der Waals surface area contributed by atoms with Crippen molar-refractivity contribution in [1.82, 2.24) is 29.4 Å². The van der Waals surface area contributed by atoms with Crippen molar-refractivity contribution < 1.29 is 98.0 Å². The maximum absolute atomic E-state index is 13.0. The van der Waals surface area contributed by atoms with Crippen LogP contribution in [0.4, 0.5) is 119 Å². The van der Waals surface area contributed by atoms with Crippen molar-refractivity contribution in [3.8, 4) is 23.0 Å². The fourth-order valence-electron chi connectivity index (χ4n) is 14.3. The molecule has 0 radical (unpaired) electrons. The number of alkyl halides is 18. The van der Waals surface area contributed by atoms with Crippen molar-refractivity contribution in [3.05, 3.63) is 192 Å². The van der Waals surface area contributed by atoms with E-state index in [1.54, 1.807) is 84.9 Å². The van der Waals surface area contributed by atoms with E-state index in [9.17, 15) is 79.0 Å². The van der Waals surface area contributed by atoms with E-state index in [4.69, 9.17) is 39.5 Å². The van der Waals surface area contributed by atoms with Gasteiger partial charge < -0.3 is 83.5 Å². The number of anilines is 7. The molecule has 17 nitrogen and oxygen atoms in total. The third-order valence-electron chi connectivity index (χ3n) is 21.1. The first-order chi connectivity index (χ1) is 61.9. The van der Waals surface area contributed by atoms with E-state index in [-0.39, 0.29) is 37.7 Å². The summed E-state index contributed by atoms with van der Waals surface area (Å²) >= 11 is 17.7. The minimum absolute atomic E-state index is 0.140. The summed E-state index contributed by atoms with van der Waals surface area (Å²) in [6.45, 7) is 41.2. The van der Waals surface area contributed by atoms with Crippen molar-refractivity contribution in [2.45, 2.75) is 138 Å². The van der Waals surface area contributed by atoms with Crippen LogP contribution >= 0.6 is 34.8 Å². The average molecular weight is 1980 g/mol. The summed E-state index contributed by atoms with van der Waals surface area (Å²) in [5, 5.41) is 5.29. The summed E-state index contributed by atoms with van der Waals surface area (Å²) in [4.78, 5) is 22.8. The number of nitrogens with one attached hydrogen (secondary N) is 2. The molecular weight excluding hydrogens is 1850 g/mol. The molecule has 0 unspecified atom stereocenters. The highest BCUT2D eigenvalue weighted by atomic mass is 35.5. The molecule has 0 saturated carbocycles. The third kappa shape index (κ3) is 43.0. The molecule has 2 N–H and O–H groups in total. The standard InChI is InChI=1S/C16H25NO.C14H18ClF3N2.C14H20ClF3N2.2C14H19F3N2O.C12H16ClF3N2.C12H17F3N2O/c1-8-9-17(6)14-11-13(16(3,4)5)10-12(2)15(14)18-7;1-10-8-11(14(16,17)18)13(15)12(9-10)20-5-3-4-19(2)6-7-20;1-10-8-11(14(16,17)18)13(15)12(9-10)20(4)7-5-6-19(2)3;1-11-8-12(10-13(9-11)20-14(15,16)17)19-5-3-4-18(2)6-7-19;1-3-18-4-6-19(7-5-18)12-8-11(2)9-13(10-12)20-14(15,16)17;1-8-6-9(12(14,15)16)11(13)10(7-8)17-4-5-18(2)3;1-9-6-10(16-4-5-17(2)3)8-11(7-9)18-12(13,14)15/h8,10-11H,1,9H2,2-7H3;8-9H,3-7H2,1-2H3;8-9H,5-7H2,1-4H3;2*8-10H,3-7H2,1-2H3;6-7,17H,4-5H2,1-3H3;6-8,16H,4-5H2,1-3H3. The molecule has 3 fully saturated rings. The first-order valence-electron chi connectivity index (χ1n) is 43.6. The van der Waals surface area contributed by atoms with Crippen LogP contribution in [-0.2, 0) is 23.9 Å². The molecule has 7 aromatic carbocycles. The second-order valence-corrected chi connectivity index (χ2v) is 36.3. The molecule has 38 heteroatoms. The Balaban J connectivity index is 0.000000327. The quantitative estimate of drug-likeness (QED) is 0.0443. The molecule has 0 atom stereocenters. The molecule has 0 bridgehead atoms. The van der Waals surface area contributed by atoms with E-state index < -0.39 is 54.3 Å². The number of piperazine rings is 1. The van der Waals surface area contributed by atoms with E-state index in [0.29, 0.717) is 77.7 Å². The summed E-state index contributed by atoms with van der Waals surface area (Å²) in [6.07, 6.45) is -22.6. The number of halogens is 21. The van der Waals surface area contributed by atoms with E-state index in [0.717, 1.165) is 170 Å². The van der Waals surface area contributed by atoms with Gasteiger partial charge in [0.2, 0.25) is 0 Å². The van der Waals surface area contributed by atoms with E-state index >= 15 is 0 Å². The Morgan fingerprint density at radius 2 is 0.813 bits per heavy atom. The molecule has 754 valence electrons. The topological polar surface area (TPSA) is 96.6 Å². The van der Waals surface area contributed by atoms with Gasteiger partial charge in [-0.05, 0) is 279 Å². The highest BCUT2D eigenvalue weighted by Gasteiger charge is 2.39. The highest BCUT2D eigenvalue weighted by molar-refractivity contribution is 6.35. The van der Waals surface area contributed by atoms with Crippen LogP contribution in [0.25, 0.3) is 0 Å². The highest BCUT2D eigenvalue weighted by Crippen LogP contribution is 2.45. The van der Waals surface area contributed by atoms with Crippen molar-refractivity contribution in [3.63, 3.8) is 0 Å². The van der Waals surface area contributed by atoms with E-state index in [1.165, 1.54) is 47.5 Å². The minimum Gasteiger partial charge on any atom is -0.494 e. The van der Waals surface area contributed by atoms with Crippen LogP contribution in [0.15, 0.2) is 116 Å². The molecule has 134 heavy (non-hydrogen) atoms. The lowest BCUT2D eigenvalue weighted by Gasteiger charge is -2.35. The summed E-state index contributed by atoms with van der Waals surface area (Å²) in [5.74, 6) is 0.456. The molecule has 3 aliphatic heterocycles. The van der Waals surface area contributed by atoms with Crippen LogP contribution in [0.2, 0.25) is 15.1 Å². The maximum Gasteiger partial charge on any atom is 0.573 e. The van der Waals surface area contributed by atoms with Crippen molar-refractivity contribution >= 4 is 74.6 Å². The van der Waals surface area contributed by atoms with Gasteiger partial charge in [-0.1, -0.05) is 74.6 Å². The molecular formula is C96H134Cl3F18N13O4. The van der Waals surface area contributed by atoms with Crippen LogP contribution in [0.1, 0.15) is 108 Å². The minimum atomic E-state index is -4.66. The Bertz CT molecular complexity index is 4750. The van der Waals surface area contributed by atoms with Gasteiger partial charge in [-0.2, -0.15) is 39.5 Å². The van der Waals surface area contributed by atoms with Crippen molar-refractivity contribution in [2.75, 3.05) is 244 Å². The van der Waals surface area contributed by atoms with Crippen LogP contribution in [0.5, 0.6) is 23.0 Å². The normalized spacial score (nSPS) is 14.5. The van der Waals surface area contributed by atoms with E-state index in [1.807, 2.05) is 87.1 Å². The Morgan fingerprint density at radius 3 is 1.25 bits per heavy atom. The number of rotatable bonds is 24. The predicted octanol–water partition coefficient (Wildman–Crippen LogP) is 24.4. The fourth-order valence-corrected chi connectivity index (χ4v) is 15.3. The molecule has 0 amide bonds. The molecule has 3 heterocycles. The first kappa shape index (κ1) is 118. The van der Waals surface area contributed by atoms with Crippen molar-refractivity contribution in [2.24, 2.45) is 0 Å². The van der Waals surface area contributed by atoms with Gasteiger partial charge in [0.25, 0.3) is 0 Å². The zero-order valence-electron chi connectivity index (χ0n) is 80.9. The number of likely N-dealkylation sites (N-methyl/N-ethyl adjacent to an activating group) is 6. The maximum atomic E-state index is 13.0. The number of methoxy groups -OCH3 is 1. The first-order valence-corrected chi connectivity index (χ1v) is 44.8. The number of benzene rings is 7. The zero-order chi connectivity index (χ0) is 102. The predicted molar refractivity (Wildman–Crippen MR) is 511 cm³/mol. The van der Waals surface area contributed by atoms with Crippen molar-refractivity contribution in [1.29, 1.82) is 0 Å². The Hall–Kier alpha value is -8.55. The molecule has 3 saturated heterocycles. The van der Waals surface area contributed by atoms with Gasteiger partial charge >= 0.3 is 37.6 Å². The molecule has 0 aliphatic carbocycles. The third-order valence-corrected chi connectivity index (χ3v) is 22.3. The van der Waals surface area contributed by atoms with E-state index in [2.05, 4.69) is 122 Å². The van der Waals surface area contributed by atoms with Crippen LogP contribution in [0, 0.1) is 48.5 Å². The smallest absolute Gasteiger partial charge is 0.494 e. The van der Waals surface area contributed by atoms with Gasteiger partial charge in [0.05, 0.1) is 61.6 Å². The second-order valence-electron chi connectivity index (χ2n) is 35.2. The van der Waals surface area contributed by atoms with Crippen LogP contribution in [-0.4, -0.2) is 257 Å². The van der Waals surface area contributed by atoms with Gasteiger partial charge in [0.1, 0.15) is 23.0 Å². The summed E-state index contributed by atoms with van der Waals surface area (Å²) < 4.78 is 244. The van der Waals surface area contributed by atoms with Crippen LogP contribution in [0.3, 0.4) is 0 Å². The lowest BCUT2D eigenvalue weighted by atomic mass is 9.85. The lowest BCUT2D eigenvalue weighted by molar-refractivity contribution is -0.275. The van der Waals surface area contributed by atoms with Gasteiger partial charge in [-0.15, -0.1) is 46.1 Å². The molecule has 7 aromatic rings. The molecule has 3 aliphatic rings. The van der Waals surface area contributed by atoms with Gasteiger partial charge in [-0.3, -0.25) is 0 Å². The average Bonchev–Trinajstić information content (AvgIpc) is 1.46. The summed E-state index contributed by atoms with van der Waals surface area (Å²) in [7, 11) is 21.2. The Kier molecular flexibility index (Phi) is 46.9. The number of ether oxygens (including phenoxy) is 4. The molecule has 10 rings (SSSR count). The number of hydrogen-bond acceptors (Lipinski definition) is 17. The van der Waals surface area contributed by atoms with Gasteiger partial charge in [0, 0.05) is 154 Å². The number of hydrogen-bond donors (Lipinski definition) is 2. The Labute approximate surface area is 795 Å². The largest absolute Gasteiger partial charge is 0.573 e. The lowest BCUT2D eigenvalue weighted by Crippen LogP contribution is -2.46. The Morgan fingerprint density at radius 1 is 0.410 bits per heavy atom. The summed E-state index contributed by atoms with van der Waals surface area (Å²) in [5.41, 5.74) is 8.81. The fraction of sp³-hybridized carbons (Fsp3) is 0.542. The SMILES string of the molecule is C=CCN(C)c1cc(C(C)(C)C)cc(C)c1OC.CCN1CCN(c2cc(C)cc(OC(F)(F)F)c2)CC1.Cc1cc(N(C)CCCN(C)C)c(Cl)c(C(F)(F)F)c1.Cc1cc(N2CCCN(C)CC2)c(Cl)c(C(F)(F)F)c1.Cc1cc(NCCN(C)C)c(Cl)c(C(F)(F)F)c1.Cc1cc(NCCN(C)C)cc(OC(F)(F)F)c1.Cc1cc(OC(F)(F)F)cc(N2CCCN(C)CC2)c1. The van der Waals surface area contributed by atoms with Crippen LogP contribution < -0.4 is 54.1 Å². The molecule has 0 spiro atoms. The zero-order valence-corrected chi connectivity index (χ0v) is 83.1. The second kappa shape index (κ2) is 53.4. The number of nitrogens with zero attached hydrogens (tertiary/aromatic N) is 11. The van der Waals surface area contributed by atoms with Gasteiger partial charge in [0.15, 0.2) is 0 Å². The van der Waals surface area contributed by atoms with Gasteiger partial charge in [-0.25, -0.2) is 0 Å². The molecule has 0 aromatic heterocycles. The monoisotopic (exact) mass is 1980 g/mol. The summed E-state index contributed by atoms with van der Waals surface area (Å²) in [6, 6.07) is 26.7. The number of aryl methyl sites for hydroxylation is 7.